The molecule has 0 bridgehead atoms. The van der Waals surface area contributed by atoms with Gasteiger partial charge in [0.15, 0.2) is 0 Å². The first-order chi connectivity index (χ1) is 7.68. The summed E-state index contributed by atoms with van der Waals surface area (Å²) >= 11 is 1.69. The van der Waals surface area contributed by atoms with E-state index < -0.39 is 12.0 Å². The number of carboxylic acids is 1. The van der Waals surface area contributed by atoms with Gasteiger partial charge in [-0.25, -0.2) is 0 Å². The van der Waals surface area contributed by atoms with Crippen molar-refractivity contribution in [2.24, 2.45) is 5.73 Å². The summed E-state index contributed by atoms with van der Waals surface area (Å²) in [5.74, 6) is -0.931. The van der Waals surface area contributed by atoms with Gasteiger partial charge in [-0.2, -0.15) is 0 Å². The van der Waals surface area contributed by atoms with Crippen LogP contribution in [-0.2, 0) is 11.2 Å². The molecule has 0 aliphatic heterocycles. The SMILES string of the molecule is N[C@@H](CCc1csc2ccccc12)C(=O)O. The standard InChI is InChI=1S/C12H13NO2S/c13-10(12(14)15)6-5-8-7-16-11-4-2-1-3-9(8)11/h1-4,7,10H,5-6,13H2,(H,14,15)/t10-/m0/s1. The third kappa shape index (κ3) is 2.23. The Morgan fingerprint density at radius 3 is 2.94 bits per heavy atom. The molecule has 0 aliphatic carbocycles. The van der Waals surface area contributed by atoms with Crippen molar-refractivity contribution in [3.8, 4) is 0 Å². The highest BCUT2D eigenvalue weighted by atomic mass is 32.1. The van der Waals surface area contributed by atoms with E-state index in [1.54, 1.807) is 11.3 Å². The van der Waals surface area contributed by atoms with Crippen molar-refractivity contribution in [2.45, 2.75) is 18.9 Å². The van der Waals surface area contributed by atoms with Crippen molar-refractivity contribution in [3.63, 3.8) is 0 Å². The maximum Gasteiger partial charge on any atom is 0.320 e. The van der Waals surface area contributed by atoms with E-state index >= 15 is 0 Å². The molecule has 1 aromatic heterocycles. The lowest BCUT2D eigenvalue weighted by atomic mass is 10.1. The minimum Gasteiger partial charge on any atom is -0.480 e. The molecule has 4 heteroatoms. The summed E-state index contributed by atoms with van der Waals surface area (Å²) in [7, 11) is 0. The molecule has 0 amide bonds. The predicted molar refractivity (Wildman–Crippen MR) is 65.8 cm³/mol. The van der Waals surface area contributed by atoms with Gasteiger partial charge in [0, 0.05) is 4.70 Å². The molecular formula is C12H13NO2S. The Kier molecular flexibility index (Phi) is 3.22. The molecule has 0 radical (unpaired) electrons. The number of fused-ring (bicyclic) bond motifs is 1. The fourth-order valence-corrected chi connectivity index (χ4v) is 2.66. The number of aliphatic carboxylic acids is 1. The van der Waals surface area contributed by atoms with E-state index in [-0.39, 0.29) is 0 Å². The van der Waals surface area contributed by atoms with E-state index in [9.17, 15) is 4.79 Å². The van der Waals surface area contributed by atoms with Gasteiger partial charge in [0.05, 0.1) is 0 Å². The number of nitrogens with two attached hydrogens (primary N) is 1. The lowest BCUT2D eigenvalue weighted by Gasteiger charge is -2.04. The number of thiophene rings is 1. The van der Waals surface area contributed by atoms with Crippen LogP contribution in [0.15, 0.2) is 29.6 Å². The predicted octanol–water partition coefficient (Wildman–Crippen LogP) is 2.25. The second-order valence-electron chi connectivity index (χ2n) is 3.74. The molecule has 0 spiro atoms. The summed E-state index contributed by atoms with van der Waals surface area (Å²) in [6.45, 7) is 0. The highest BCUT2D eigenvalue weighted by molar-refractivity contribution is 7.17. The molecule has 84 valence electrons. The fraction of sp³-hybridized carbons (Fsp3) is 0.250. The van der Waals surface area contributed by atoms with E-state index in [2.05, 4.69) is 17.5 Å². The maximum absolute atomic E-state index is 10.6. The molecule has 3 nitrogen and oxygen atoms in total. The van der Waals surface area contributed by atoms with Gasteiger partial charge in [-0.1, -0.05) is 18.2 Å². The van der Waals surface area contributed by atoms with Crippen LogP contribution < -0.4 is 5.73 Å². The van der Waals surface area contributed by atoms with Crippen LogP contribution in [-0.4, -0.2) is 17.1 Å². The van der Waals surface area contributed by atoms with E-state index in [0.717, 1.165) is 6.42 Å². The second-order valence-corrected chi connectivity index (χ2v) is 4.65. The van der Waals surface area contributed by atoms with Gasteiger partial charge >= 0.3 is 5.97 Å². The first-order valence-electron chi connectivity index (χ1n) is 5.12. The largest absolute Gasteiger partial charge is 0.480 e. The van der Waals surface area contributed by atoms with E-state index in [1.165, 1.54) is 15.6 Å². The van der Waals surface area contributed by atoms with Gasteiger partial charge in [0.2, 0.25) is 0 Å². The van der Waals surface area contributed by atoms with Crippen molar-refractivity contribution >= 4 is 27.4 Å². The lowest BCUT2D eigenvalue weighted by molar-refractivity contribution is -0.138. The van der Waals surface area contributed by atoms with Crippen molar-refractivity contribution < 1.29 is 9.90 Å². The molecule has 0 saturated heterocycles. The molecule has 0 saturated carbocycles. The van der Waals surface area contributed by atoms with Crippen LogP contribution in [0.5, 0.6) is 0 Å². The molecule has 0 aliphatic rings. The summed E-state index contributed by atoms with van der Waals surface area (Å²) in [5, 5.41) is 12.0. The van der Waals surface area contributed by atoms with Crippen LogP contribution in [0.1, 0.15) is 12.0 Å². The van der Waals surface area contributed by atoms with Crippen LogP contribution in [0.3, 0.4) is 0 Å². The number of hydrogen-bond acceptors (Lipinski definition) is 3. The summed E-state index contributed by atoms with van der Waals surface area (Å²) in [5.41, 5.74) is 6.67. The molecule has 1 heterocycles. The third-order valence-corrected chi connectivity index (χ3v) is 3.62. The topological polar surface area (TPSA) is 63.3 Å². The second kappa shape index (κ2) is 4.63. The minimum atomic E-state index is -0.931. The molecule has 0 unspecified atom stereocenters. The lowest BCUT2D eigenvalue weighted by Crippen LogP contribution is -2.30. The van der Waals surface area contributed by atoms with Gasteiger partial charge < -0.3 is 10.8 Å². The Morgan fingerprint density at radius 1 is 1.44 bits per heavy atom. The summed E-state index contributed by atoms with van der Waals surface area (Å²) in [6, 6.07) is 7.37. The van der Waals surface area contributed by atoms with Gasteiger partial charge in [0.1, 0.15) is 6.04 Å². The highest BCUT2D eigenvalue weighted by Gasteiger charge is 2.12. The fourth-order valence-electron chi connectivity index (χ4n) is 1.66. The monoisotopic (exact) mass is 235 g/mol. The summed E-state index contributed by atoms with van der Waals surface area (Å²) in [4.78, 5) is 10.6. The van der Waals surface area contributed by atoms with Gasteiger partial charge in [-0.15, -0.1) is 11.3 Å². The van der Waals surface area contributed by atoms with Crippen molar-refractivity contribution in [2.75, 3.05) is 0 Å². The first-order valence-corrected chi connectivity index (χ1v) is 6.00. The van der Waals surface area contributed by atoms with Crippen LogP contribution in [0.4, 0.5) is 0 Å². The Bertz CT molecular complexity index is 506. The van der Waals surface area contributed by atoms with Crippen LogP contribution >= 0.6 is 11.3 Å². The Labute approximate surface area is 97.5 Å². The molecule has 2 rings (SSSR count). The smallest absolute Gasteiger partial charge is 0.320 e. The average Bonchev–Trinajstić information content (AvgIpc) is 2.69. The molecular weight excluding hydrogens is 222 g/mol. The zero-order valence-electron chi connectivity index (χ0n) is 8.72. The third-order valence-electron chi connectivity index (χ3n) is 2.60. The van der Waals surface area contributed by atoms with Crippen LogP contribution in [0, 0.1) is 0 Å². The molecule has 0 fully saturated rings. The van der Waals surface area contributed by atoms with E-state index in [4.69, 9.17) is 10.8 Å². The Hall–Kier alpha value is -1.39. The van der Waals surface area contributed by atoms with Gasteiger partial charge in [-0.05, 0) is 35.2 Å². The molecule has 1 atom stereocenters. The Morgan fingerprint density at radius 2 is 2.19 bits per heavy atom. The average molecular weight is 235 g/mol. The van der Waals surface area contributed by atoms with Gasteiger partial charge in [-0.3, -0.25) is 4.79 Å². The number of benzene rings is 1. The number of hydrogen-bond donors (Lipinski definition) is 2. The van der Waals surface area contributed by atoms with Crippen LogP contribution in [0.2, 0.25) is 0 Å². The Balaban J connectivity index is 2.13. The van der Waals surface area contributed by atoms with E-state index in [0.29, 0.717) is 6.42 Å². The van der Waals surface area contributed by atoms with E-state index in [1.807, 2.05) is 12.1 Å². The zero-order valence-corrected chi connectivity index (χ0v) is 9.54. The molecule has 16 heavy (non-hydrogen) atoms. The van der Waals surface area contributed by atoms with Crippen LogP contribution in [0.25, 0.3) is 10.1 Å². The minimum absolute atomic E-state index is 0.482. The zero-order chi connectivity index (χ0) is 11.5. The summed E-state index contributed by atoms with van der Waals surface area (Å²) < 4.78 is 1.24. The van der Waals surface area contributed by atoms with Gasteiger partial charge in [0.25, 0.3) is 0 Å². The highest BCUT2D eigenvalue weighted by Crippen LogP contribution is 2.26. The quantitative estimate of drug-likeness (QED) is 0.854. The van der Waals surface area contributed by atoms with Crippen molar-refractivity contribution in [3.05, 3.63) is 35.2 Å². The number of carbonyl (C=O) groups is 1. The van der Waals surface area contributed by atoms with Crippen molar-refractivity contribution in [1.29, 1.82) is 0 Å². The molecule has 3 N–H and O–H groups in total. The van der Waals surface area contributed by atoms with Crippen molar-refractivity contribution in [1.82, 2.24) is 0 Å². The molecule has 1 aromatic carbocycles. The molecule has 2 aromatic rings. The number of rotatable bonds is 4. The maximum atomic E-state index is 10.6. The number of aryl methyl sites for hydroxylation is 1. The normalized spacial score (nSPS) is 12.8. The number of carboxylic acid groups (broad SMARTS) is 1. The first kappa shape index (κ1) is 11.1. The summed E-state index contributed by atoms with van der Waals surface area (Å²) in [6.07, 6.45) is 1.20.